The molecule has 0 amide bonds. The summed E-state index contributed by atoms with van der Waals surface area (Å²) in [5.74, 6) is -4.77. The number of hydrogen-bond donors (Lipinski definition) is 4. The molecule has 224 valence electrons. The smallest absolute Gasteiger partial charge is 0.550 e. The van der Waals surface area contributed by atoms with Crippen LogP contribution in [0, 0.1) is 0 Å². The molecule has 0 saturated heterocycles. The average Bonchev–Trinajstić information content (AvgIpc) is 3.15. The van der Waals surface area contributed by atoms with E-state index in [1.807, 2.05) is 13.6 Å². The van der Waals surface area contributed by atoms with Crippen molar-refractivity contribution in [2.45, 2.75) is 116 Å². The average molecular weight is 597 g/mol. The van der Waals surface area contributed by atoms with Crippen LogP contribution in [0.3, 0.4) is 0 Å². The molecule has 1 rings (SSSR count). The number of cyclic esters (lactones) is 1. The third-order valence-electron chi connectivity index (χ3n) is 4.96. The molecule has 4 N–H and O–H groups in total. The number of aliphatic hydroxyl groups is 4. The van der Waals surface area contributed by atoms with Crippen molar-refractivity contribution in [1.82, 2.24) is 0 Å². The number of carboxylic acid groups (broad SMARTS) is 2. The van der Waals surface area contributed by atoms with Gasteiger partial charge in [-0.3, -0.25) is 0 Å². The number of carbonyl (C=O) groups excluding carboxylic acids is 5. The van der Waals surface area contributed by atoms with Crippen molar-refractivity contribution in [3.63, 3.8) is 0 Å². The fourth-order valence-electron chi connectivity index (χ4n) is 3.11. The number of hydrogen-bond acceptors (Lipinski definition) is 12. The predicted molar refractivity (Wildman–Crippen MR) is 135 cm³/mol. The number of esters is 1. The Labute approximate surface area is 282 Å². The maximum atomic E-state index is 10.5. The molecular formula is C26H46Na2O12. The molecule has 0 saturated carbocycles. The molecule has 0 bridgehead atoms. The van der Waals surface area contributed by atoms with Crippen molar-refractivity contribution >= 4 is 31.5 Å². The van der Waals surface area contributed by atoms with Gasteiger partial charge in [-0.2, -0.15) is 0 Å². The molecule has 0 aliphatic carbocycles. The number of unbranched alkanes of at least 4 members (excludes halogenated alkanes) is 12. The Morgan fingerprint density at radius 1 is 0.825 bits per heavy atom. The first-order valence-corrected chi connectivity index (χ1v) is 12.7. The van der Waals surface area contributed by atoms with Crippen LogP contribution in [0.15, 0.2) is 11.5 Å². The number of rotatable bonds is 16. The van der Waals surface area contributed by atoms with Gasteiger partial charge in [0.2, 0.25) is 5.76 Å². The SMILES string of the molecule is C=O.C=O.CC(=O)[O-].CCCCCCCCCCCCCCCC(=O)[O-].O=C1O[C@H]([C@@H](O)CO)C(O)=C1O.[Na+].[Na+]. The van der Waals surface area contributed by atoms with Crippen LogP contribution in [-0.4, -0.2) is 70.7 Å². The van der Waals surface area contributed by atoms with Crippen LogP contribution >= 0.6 is 0 Å². The summed E-state index contributed by atoms with van der Waals surface area (Å²) >= 11 is 0. The quantitative estimate of drug-likeness (QED) is 0.0749. The van der Waals surface area contributed by atoms with Gasteiger partial charge in [0.15, 0.2) is 11.9 Å². The van der Waals surface area contributed by atoms with Gasteiger partial charge >= 0.3 is 65.1 Å². The molecule has 1 aliphatic heterocycles. The van der Waals surface area contributed by atoms with E-state index < -0.39 is 48.2 Å². The Kier molecular flexibility index (Phi) is 51.9. The normalized spacial score (nSPS) is 13.4. The van der Waals surface area contributed by atoms with Crippen LogP contribution in [0.2, 0.25) is 0 Å². The molecule has 0 radical (unpaired) electrons. The molecular weight excluding hydrogens is 550 g/mol. The Balaban J connectivity index is -0.000000114. The third-order valence-corrected chi connectivity index (χ3v) is 4.96. The minimum absolute atomic E-state index is 0. The zero-order valence-corrected chi connectivity index (χ0v) is 28.7. The van der Waals surface area contributed by atoms with Crippen molar-refractivity contribution in [2.24, 2.45) is 0 Å². The van der Waals surface area contributed by atoms with E-state index in [9.17, 15) is 14.7 Å². The summed E-state index contributed by atoms with van der Waals surface area (Å²) in [5, 5.41) is 54.1. The molecule has 12 nitrogen and oxygen atoms in total. The molecule has 0 aromatic rings. The van der Waals surface area contributed by atoms with Crippen molar-refractivity contribution in [1.29, 1.82) is 0 Å². The van der Waals surface area contributed by atoms with Crippen molar-refractivity contribution < 1.29 is 118 Å². The Morgan fingerprint density at radius 2 is 1.15 bits per heavy atom. The van der Waals surface area contributed by atoms with Crippen LogP contribution in [0.1, 0.15) is 104 Å². The van der Waals surface area contributed by atoms with Gasteiger partial charge in [-0.25, -0.2) is 4.79 Å². The van der Waals surface area contributed by atoms with E-state index in [2.05, 4.69) is 11.7 Å². The van der Waals surface area contributed by atoms with Gasteiger partial charge in [-0.05, 0) is 19.8 Å². The predicted octanol–water partition coefficient (Wildman–Crippen LogP) is -4.80. The first kappa shape index (κ1) is 51.7. The van der Waals surface area contributed by atoms with Gasteiger partial charge < -0.3 is 54.6 Å². The van der Waals surface area contributed by atoms with Crippen LogP contribution in [-0.2, 0) is 28.7 Å². The zero-order valence-electron chi connectivity index (χ0n) is 24.7. The first-order chi connectivity index (χ1) is 18.1. The molecule has 1 aliphatic rings. The van der Waals surface area contributed by atoms with E-state index in [-0.39, 0.29) is 65.5 Å². The second-order valence-corrected chi connectivity index (χ2v) is 8.17. The summed E-state index contributed by atoms with van der Waals surface area (Å²) in [6, 6.07) is 0. The van der Waals surface area contributed by atoms with E-state index in [4.69, 9.17) is 39.9 Å². The summed E-state index contributed by atoms with van der Waals surface area (Å²) in [6.45, 7) is 6.56. The number of aliphatic carboxylic acids is 2. The topological polar surface area (TPSA) is 222 Å². The van der Waals surface area contributed by atoms with Crippen LogP contribution < -0.4 is 69.3 Å². The van der Waals surface area contributed by atoms with E-state index in [1.54, 1.807) is 0 Å². The van der Waals surface area contributed by atoms with Gasteiger partial charge in [0.05, 0.1) is 6.61 Å². The maximum absolute atomic E-state index is 10.5. The molecule has 0 aromatic heterocycles. The van der Waals surface area contributed by atoms with E-state index in [1.165, 1.54) is 70.6 Å². The molecule has 1 heterocycles. The van der Waals surface area contributed by atoms with Crippen LogP contribution in [0.25, 0.3) is 0 Å². The summed E-state index contributed by atoms with van der Waals surface area (Å²) in [5.41, 5.74) is 0. The third kappa shape index (κ3) is 37.0. The molecule has 40 heavy (non-hydrogen) atoms. The fraction of sp³-hybridized carbons (Fsp3) is 0.731. The van der Waals surface area contributed by atoms with Gasteiger partial charge in [-0.1, -0.05) is 84.0 Å². The molecule has 0 spiro atoms. The standard InChI is InChI=1S/C16H32O2.C6H8O6.C2H4O2.2CH2O.2Na/c1-2-3-4-5-6-7-8-9-10-11-12-13-14-15-16(17)18;7-1-2(8)5-3(9)4(10)6(11)12-5;1-2(3)4;2*1-2;;/h2-15H2,1H3,(H,17,18);2,5,7-10H,1H2;1H3,(H,3,4);2*1H2;;/q;;;;;2*+1/p-2/t;2-,5+;;;;;/m.0...../s1. The summed E-state index contributed by atoms with van der Waals surface area (Å²) in [6.07, 6.45) is 14.2. The van der Waals surface area contributed by atoms with E-state index >= 15 is 0 Å². The number of ether oxygens (including phenoxy) is 1. The van der Waals surface area contributed by atoms with Gasteiger partial charge in [-0.15, -0.1) is 0 Å². The van der Waals surface area contributed by atoms with Crippen LogP contribution in [0.5, 0.6) is 0 Å². The Hall–Kier alpha value is -0.990. The maximum Gasteiger partial charge on any atom is 1.00 e. The van der Waals surface area contributed by atoms with Gasteiger partial charge in [0, 0.05) is 11.9 Å². The monoisotopic (exact) mass is 596 g/mol. The molecule has 0 fully saturated rings. The molecule has 0 unspecified atom stereocenters. The fourth-order valence-corrected chi connectivity index (χ4v) is 3.11. The minimum atomic E-state index is -1.42. The molecule has 2 atom stereocenters. The number of carbonyl (C=O) groups is 5. The largest absolute Gasteiger partial charge is 1.00 e. The van der Waals surface area contributed by atoms with E-state index in [0.717, 1.165) is 19.8 Å². The Bertz CT molecular complexity index is 627. The first-order valence-electron chi connectivity index (χ1n) is 12.7. The Morgan fingerprint density at radius 3 is 1.40 bits per heavy atom. The minimum Gasteiger partial charge on any atom is -0.550 e. The van der Waals surface area contributed by atoms with Crippen molar-refractivity contribution in [3.05, 3.63) is 11.5 Å². The van der Waals surface area contributed by atoms with Crippen molar-refractivity contribution in [2.75, 3.05) is 6.61 Å². The molecule has 0 aromatic carbocycles. The summed E-state index contributed by atoms with van der Waals surface area (Å²) in [4.78, 5) is 45.6. The number of carboxylic acids is 2. The van der Waals surface area contributed by atoms with E-state index in [0.29, 0.717) is 0 Å². The second-order valence-electron chi connectivity index (χ2n) is 8.17. The zero-order chi connectivity index (χ0) is 30.4. The van der Waals surface area contributed by atoms with Crippen molar-refractivity contribution in [3.8, 4) is 0 Å². The van der Waals surface area contributed by atoms with Gasteiger partial charge in [0.25, 0.3) is 0 Å². The van der Waals surface area contributed by atoms with Crippen LogP contribution in [0.4, 0.5) is 0 Å². The number of aliphatic hydroxyl groups excluding tert-OH is 4. The summed E-state index contributed by atoms with van der Waals surface area (Å²) < 4.78 is 4.32. The second kappa shape index (κ2) is 40.2. The summed E-state index contributed by atoms with van der Waals surface area (Å²) in [7, 11) is 0. The molecule has 14 heteroatoms. The van der Waals surface area contributed by atoms with Gasteiger partial charge in [0.1, 0.15) is 19.7 Å².